The molecule has 0 rings (SSSR count). The first-order valence-electron chi connectivity index (χ1n) is 8.82. The van der Waals surface area contributed by atoms with Crippen molar-refractivity contribution in [1.82, 2.24) is 0 Å². The lowest BCUT2D eigenvalue weighted by molar-refractivity contribution is 0.525. The average molecular weight is 279 g/mol. The van der Waals surface area contributed by atoms with Crippen LogP contribution >= 0.6 is 0 Å². The zero-order valence-corrected chi connectivity index (χ0v) is 15.2. The SMILES string of the molecule is CCC(C)=C(C)CCCCC=C(C(C)CC)C(C)CC. The van der Waals surface area contributed by atoms with E-state index in [0.717, 1.165) is 11.8 Å². The van der Waals surface area contributed by atoms with Crippen LogP contribution in [0.5, 0.6) is 0 Å². The van der Waals surface area contributed by atoms with Gasteiger partial charge in [-0.1, -0.05) is 57.4 Å². The largest absolute Gasteiger partial charge is 0.0848 e. The molecule has 2 unspecified atom stereocenters. The van der Waals surface area contributed by atoms with Crippen LogP contribution in [0.2, 0.25) is 0 Å². The van der Waals surface area contributed by atoms with Gasteiger partial charge in [0.25, 0.3) is 0 Å². The van der Waals surface area contributed by atoms with Crippen molar-refractivity contribution >= 4 is 0 Å². The Morgan fingerprint density at radius 1 is 0.850 bits per heavy atom. The van der Waals surface area contributed by atoms with E-state index in [0.29, 0.717) is 0 Å². The first-order valence-corrected chi connectivity index (χ1v) is 8.82. The van der Waals surface area contributed by atoms with Crippen molar-refractivity contribution in [3.05, 3.63) is 22.8 Å². The smallest absolute Gasteiger partial charge is 0.0232 e. The van der Waals surface area contributed by atoms with Crippen molar-refractivity contribution in [2.24, 2.45) is 11.8 Å². The van der Waals surface area contributed by atoms with E-state index >= 15 is 0 Å². The van der Waals surface area contributed by atoms with Crippen molar-refractivity contribution in [3.63, 3.8) is 0 Å². The van der Waals surface area contributed by atoms with Gasteiger partial charge in [-0.2, -0.15) is 0 Å². The van der Waals surface area contributed by atoms with E-state index in [9.17, 15) is 0 Å². The van der Waals surface area contributed by atoms with Gasteiger partial charge in [-0.25, -0.2) is 0 Å². The molecule has 0 saturated heterocycles. The maximum absolute atomic E-state index is 2.55. The van der Waals surface area contributed by atoms with Gasteiger partial charge in [-0.05, 0) is 70.6 Å². The molecule has 0 nitrogen and oxygen atoms in total. The molecule has 0 heteroatoms. The van der Waals surface area contributed by atoms with Crippen LogP contribution in [0.3, 0.4) is 0 Å². The molecule has 0 amide bonds. The Bertz CT molecular complexity index is 294. The fraction of sp³-hybridized carbons (Fsp3) is 0.800. The molecular formula is C20H38. The Labute approximate surface area is 128 Å². The molecule has 2 atom stereocenters. The van der Waals surface area contributed by atoms with Crippen molar-refractivity contribution in [3.8, 4) is 0 Å². The lowest BCUT2D eigenvalue weighted by atomic mass is 9.86. The van der Waals surface area contributed by atoms with Crippen molar-refractivity contribution in [2.75, 3.05) is 0 Å². The predicted octanol–water partition coefficient (Wildman–Crippen LogP) is 7.31. The van der Waals surface area contributed by atoms with Crippen molar-refractivity contribution in [2.45, 2.75) is 93.4 Å². The van der Waals surface area contributed by atoms with Crippen LogP contribution in [0, 0.1) is 11.8 Å². The summed E-state index contributed by atoms with van der Waals surface area (Å²) in [7, 11) is 0. The second kappa shape index (κ2) is 11.2. The van der Waals surface area contributed by atoms with Gasteiger partial charge < -0.3 is 0 Å². The lowest BCUT2D eigenvalue weighted by Gasteiger charge is -2.20. The summed E-state index contributed by atoms with van der Waals surface area (Å²) in [6.45, 7) is 16.2. The Morgan fingerprint density at radius 3 is 1.85 bits per heavy atom. The molecule has 0 bridgehead atoms. The summed E-state index contributed by atoms with van der Waals surface area (Å²) in [6, 6.07) is 0. The minimum Gasteiger partial charge on any atom is -0.0848 e. The number of rotatable bonds is 10. The second-order valence-electron chi connectivity index (χ2n) is 6.48. The Kier molecular flexibility index (Phi) is 10.9. The van der Waals surface area contributed by atoms with E-state index in [-0.39, 0.29) is 0 Å². The van der Waals surface area contributed by atoms with Crippen LogP contribution in [-0.4, -0.2) is 0 Å². The number of hydrogen-bond donors (Lipinski definition) is 0. The first-order chi connectivity index (χ1) is 9.47. The van der Waals surface area contributed by atoms with Gasteiger partial charge in [0.15, 0.2) is 0 Å². The maximum Gasteiger partial charge on any atom is -0.0232 e. The molecule has 0 spiro atoms. The predicted molar refractivity (Wildman–Crippen MR) is 94.1 cm³/mol. The molecule has 0 aromatic carbocycles. The van der Waals surface area contributed by atoms with Gasteiger partial charge in [-0.15, -0.1) is 0 Å². The molecule has 0 aromatic heterocycles. The standard InChI is InChI=1S/C20H38/c1-8-16(4)19(7)14-12-11-13-15-20(17(5)9-2)18(6)10-3/h15,17-18H,8-14H2,1-7H3. The summed E-state index contributed by atoms with van der Waals surface area (Å²) in [4.78, 5) is 0. The minimum atomic E-state index is 0.758. The van der Waals surface area contributed by atoms with E-state index in [1.807, 2.05) is 0 Å². The van der Waals surface area contributed by atoms with Crippen LogP contribution in [0.4, 0.5) is 0 Å². The molecule has 0 heterocycles. The quantitative estimate of drug-likeness (QED) is 0.290. The van der Waals surface area contributed by atoms with E-state index in [1.54, 1.807) is 16.7 Å². The summed E-state index contributed by atoms with van der Waals surface area (Å²) >= 11 is 0. The molecule has 0 fully saturated rings. The molecule has 0 aliphatic rings. The average Bonchev–Trinajstić information content (AvgIpc) is 2.48. The van der Waals surface area contributed by atoms with Crippen LogP contribution < -0.4 is 0 Å². The molecule has 0 aliphatic carbocycles. The Balaban J connectivity index is 4.25. The first kappa shape index (κ1) is 19.5. The Hall–Kier alpha value is -0.520. The molecule has 20 heavy (non-hydrogen) atoms. The third-order valence-corrected chi connectivity index (χ3v) is 5.01. The van der Waals surface area contributed by atoms with Gasteiger partial charge in [0.05, 0.1) is 0 Å². The summed E-state index contributed by atoms with van der Waals surface area (Å²) in [5, 5.41) is 0. The second-order valence-corrected chi connectivity index (χ2v) is 6.48. The molecule has 0 radical (unpaired) electrons. The highest BCUT2D eigenvalue weighted by molar-refractivity contribution is 5.10. The third-order valence-electron chi connectivity index (χ3n) is 5.01. The number of hydrogen-bond acceptors (Lipinski definition) is 0. The highest BCUT2D eigenvalue weighted by atomic mass is 14.2. The van der Waals surface area contributed by atoms with Crippen molar-refractivity contribution in [1.29, 1.82) is 0 Å². The Morgan fingerprint density at radius 2 is 1.40 bits per heavy atom. The van der Waals surface area contributed by atoms with Gasteiger partial charge in [0.2, 0.25) is 0 Å². The molecular weight excluding hydrogens is 240 g/mol. The van der Waals surface area contributed by atoms with Gasteiger partial charge in [0.1, 0.15) is 0 Å². The maximum atomic E-state index is 2.55. The zero-order valence-electron chi connectivity index (χ0n) is 15.2. The normalized spacial score (nSPS) is 15.6. The van der Waals surface area contributed by atoms with Crippen molar-refractivity contribution < 1.29 is 0 Å². The van der Waals surface area contributed by atoms with Crippen LogP contribution in [0.25, 0.3) is 0 Å². The van der Waals surface area contributed by atoms with Gasteiger partial charge in [0, 0.05) is 0 Å². The van der Waals surface area contributed by atoms with E-state index in [2.05, 4.69) is 54.5 Å². The minimum absolute atomic E-state index is 0.758. The topological polar surface area (TPSA) is 0 Å². The van der Waals surface area contributed by atoms with Gasteiger partial charge >= 0.3 is 0 Å². The molecule has 0 N–H and O–H groups in total. The molecule has 0 aliphatic heterocycles. The number of allylic oxidation sites excluding steroid dienone is 4. The van der Waals surface area contributed by atoms with Crippen LogP contribution in [0.1, 0.15) is 93.4 Å². The number of unbranched alkanes of at least 4 members (excludes halogenated alkanes) is 2. The lowest BCUT2D eigenvalue weighted by Crippen LogP contribution is -2.07. The molecule has 118 valence electrons. The summed E-state index contributed by atoms with van der Waals surface area (Å²) in [6.07, 6.45) is 11.5. The molecule has 0 aromatic rings. The zero-order chi connectivity index (χ0) is 15.5. The van der Waals surface area contributed by atoms with Crippen LogP contribution in [0.15, 0.2) is 22.8 Å². The summed E-state index contributed by atoms with van der Waals surface area (Å²) in [5.74, 6) is 1.52. The van der Waals surface area contributed by atoms with Gasteiger partial charge in [-0.3, -0.25) is 0 Å². The molecule has 0 saturated carbocycles. The fourth-order valence-electron chi connectivity index (χ4n) is 2.68. The highest BCUT2D eigenvalue weighted by Crippen LogP contribution is 2.26. The highest BCUT2D eigenvalue weighted by Gasteiger charge is 2.12. The summed E-state index contributed by atoms with van der Waals surface area (Å²) in [5.41, 5.74) is 4.90. The fourth-order valence-corrected chi connectivity index (χ4v) is 2.68. The van der Waals surface area contributed by atoms with Crippen LogP contribution in [-0.2, 0) is 0 Å². The monoisotopic (exact) mass is 278 g/mol. The van der Waals surface area contributed by atoms with E-state index in [1.165, 1.54) is 44.9 Å². The van der Waals surface area contributed by atoms with E-state index in [4.69, 9.17) is 0 Å². The third kappa shape index (κ3) is 7.31. The summed E-state index contributed by atoms with van der Waals surface area (Å²) < 4.78 is 0. The van der Waals surface area contributed by atoms with E-state index < -0.39 is 0 Å².